The number of aryl methyl sites for hydroxylation is 1. The molecule has 0 spiro atoms. The Labute approximate surface area is 200 Å². The second-order valence-electron chi connectivity index (χ2n) is 7.28. The van der Waals surface area contributed by atoms with Crippen LogP contribution in [0.1, 0.15) is 11.3 Å². The van der Waals surface area contributed by atoms with Crippen molar-refractivity contribution in [2.45, 2.75) is 18.7 Å². The van der Waals surface area contributed by atoms with Crippen molar-refractivity contribution in [1.82, 2.24) is 5.16 Å². The van der Waals surface area contributed by atoms with Crippen molar-refractivity contribution >= 4 is 50.7 Å². The molecule has 0 bridgehead atoms. The second kappa shape index (κ2) is 8.84. The third-order valence-corrected chi connectivity index (χ3v) is 6.87. The van der Waals surface area contributed by atoms with Crippen molar-refractivity contribution in [1.29, 1.82) is 0 Å². The molecule has 12 heteroatoms. The first-order valence-corrected chi connectivity index (χ1v) is 11.7. The molecule has 0 aliphatic carbocycles. The van der Waals surface area contributed by atoms with Gasteiger partial charge in [-0.2, -0.15) is 0 Å². The van der Waals surface area contributed by atoms with Crippen LogP contribution in [0, 0.1) is 13.8 Å². The topological polar surface area (TPSA) is 131 Å². The van der Waals surface area contributed by atoms with Crippen molar-refractivity contribution in [3.8, 4) is 5.75 Å². The van der Waals surface area contributed by atoms with Crippen molar-refractivity contribution in [3.63, 3.8) is 0 Å². The molecule has 2 N–H and O–H groups in total. The summed E-state index contributed by atoms with van der Waals surface area (Å²) < 4.78 is 37.9. The van der Waals surface area contributed by atoms with E-state index in [-0.39, 0.29) is 27.2 Å². The Morgan fingerprint density at radius 2 is 1.71 bits per heavy atom. The summed E-state index contributed by atoms with van der Waals surface area (Å²) in [6, 6.07) is 12.1. The number of halogens is 1. The number of hydrogen-bond donors (Lipinski definition) is 2. The number of nitrogens with zero attached hydrogens (tertiary/aromatic N) is 2. The fraction of sp³-hybridized carbons (Fsp3) is 0.136. The number of hydrogen-bond acceptors (Lipinski definition) is 8. The number of benzene rings is 2. The van der Waals surface area contributed by atoms with Crippen LogP contribution in [0.2, 0.25) is 0 Å². The first-order chi connectivity index (χ1) is 16.1. The van der Waals surface area contributed by atoms with Gasteiger partial charge < -0.3 is 14.6 Å². The molecular formula is C22H19ClN4O6S. The van der Waals surface area contributed by atoms with Crippen LogP contribution < -0.4 is 19.7 Å². The van der Waals surface area contributed by atoms with Crippen LogP contribution in [0.4, 0.5) is 17.3 Å². The molecule has 0 unspecified atom stereocenters. The highest BCUT2D eigenvalue weighted by Gasteiger charge is 2.40. The molecule has 0 atom stereocenters. The number of para-hydroxylation sites is 2. The summed E-state index contributed by atoms with van der Waals surface area (Å²) in [6.07, 6.45) is 0. The summed E-state index contributed by atoms with van der Waals surface area (Å²) in [7, 11) is -2.52. The highest BCUT2D eigenvalue weighted by Crippen LogP contribution is 2.35. The van der Waals surface area contributed by atoms with E-state index in [2.05, 4.69) is 15.2 Å². The van der Waals surface area contributed by atoms with Crippen LogP contribution in [0.5, 0.6) is 5.75 Å². The van der Waals surface area contributed by atoms with Crippen LogP contribution in [0.25, 0.3) is 0 Å². The highest BCUT2D eigenvalue weighted by atomic mass is 35.5. The molecule has 0 saturated carbocycles. The van der Waals surface area contributed by atoms with Crippen LogP contribution >= 0.6 is 11.6 Å². The summed E-state index contributed by atoms with van der Waals surface area (Å²) in [4.78, 5) is 26.5. The normalized spacial score (nSPS) is 14.1. The fourth-order valence-corrected chi connectivity index (χ4v) is 4.46. The van der Waals surface area contributed by atoms with E-state index in [4.69, 9.17) is 20.9 Å². The number of imide groups is 1. The molecule has 1 aromatic heterocycles. The number of anilines is 3. The number of carbonyl (C=O) groups excluding carboxylic acids is 2. The maximum absolute atomic E-state index is 13.0. The predicted octanol–water partition coefficient (Wildman–Crippen LogP) is 3.54. The van der Waals surface area contributed by atoms with Crippen molar-refractivity contribution in [3.05, 3.63) is 70.5 Å². The minimum absolute atomic E-state index is 0.0307. The van der Waals surface area contributed by atoms with Gasteiger partial charge in [0.1, 0.15) is 16.5 Å². The van der Waals surface area contributed by atoms with Crippen molar-refractivity contribution < 1.29 is 27.3 Å². The number of carbonyl (C=O) groups is 2. The summed E-state index contributed by atoms with van der Waals surface area (Å²) in [6.45, 7) is 3.38. The lowest BCUT2D eigenvalue weighted by Crippen LogP contribution is -2.32. The second-order valence-corrected chi connectivity index (χ2v) is 9.34. The fourth-order valence-electron chi connectivity index (χ4n) is 3.20. The first kappa shape index (κ1) is 23.3. The van der Waals surface area contributed by atoms with Gasteiger partial charge >= 0.3 is 0 Å². The molecule has 0 saturated heterocycles. The van der Waals surface area contributed by atoms with Crippen LogP contribution in [-0.4, -0.2) is 32.5 Å². The molecule has 0 fully saturated rings. The molecule has 34 heavy (non-hydrogen) atoms. The molecule has 2 aromatic carbocycles. The summed E-state index contributed by atoms with van der Waals surface area (Å²) in [5.41, 5.74) is 1.61. The van der Waals surface area contributed by atoms with E-state index in [9.17, 15) is 18.0 Å². The zero-order chi connectivity index (χ0) is 24.6. The Morgan fingerprint density at radius 1 is 1.03 bits per heavy atom. The third kappa shape index (κ3) is 4.11. The lowest BCUT2D eigenvalue weighted by molar-refractivity contribution is -0.120. The number of ether oxygens (including phenoxy) is 1. The van der Waals surface area contributed by atoms with E-state index in [1.165, 1.54) is 31.4 Å². The number of methoxy groups -OCH3 is 1. The molecule has 1 aliphatic heterocycles. The molecule has 1 aliphatic rings. The maximum Gasteiger partial charge on any atom is 0.283 e. The molecule has 4 rings (SSSR count). The van der Waals surface area contributed by atoms with Gasteiger partial charge in [-0.3, -0.25) is 9.59 Å². The summed E-state index contributed by atoms with van der Waals surface area (Å²) in [5.74, 6) is -1.02. The summed E-state index contributed by atoms with van der Waals surface area (Å²) in [5, 5.41) is 6.22. The van der Waals surface area contributed by atoms with E-state index in [0.29, 0.717) is 22.7 Å². The van der Waals surface area contributed by atoms with Gasteiger partial charge in [0.15, 0.2) is 0 Å². The molecule has 2 heterocycles. The van der Waals surface area contributed by atoms with E-state index >= 15 is 0 Å². The van der Waals surface area contributed by atoms with Gasteiger partial charge in [0, 0.05) is 11.3 Å². The Morgan fingerprint density at radius 3 is 2.32 bits per heavy atom. The first-order valence-electron chi connectivity index (χ1n) is 9.88. The molecule has 176 valence electrons. The predicted molar refractivity (Wildman–Crippen MR) is 125 cm³/mol. The Bertz CT molecular complexity index is 1430. The van der Waals surface area contributed by atoms with Gasteiger partial charge in [-0.1, -0.05) is 28.9 Å². The maximum atomic E-state index is 13.0. The van der Waals surface area contributed by atoms with E-state index in [1.54, 1.807) is 38.1 Å². The van der Waals surface area contributed by atoms with Crippen molar-refractivity contribution in [2.24, 2.45) is 0 Å². The van der Waals surface area contributed by atoms with E-state index in [1.807, 2.05) is 0 Å². The average molecular weight is 503 g/mol. The van der Waals surface area contributed by atoms with Gasteiger partial charge in [0.2, 0.25) is 5.88 Å². The van der Waals surface area contributed by atoms with E-state index in [0.717, 1.165) is 4.90 Å². The minimum Gasteiger partial charge on any atom is -0.495 e. The van der Waals surface area contributed by atoms with Crippen LogP contribution in [-0.2, 0) is 19.6 Å². The number of aromatic nitrogens is 1. The Balaban J connectivity index is 1.55. The average Bonchev–Trinajstić information content (AvgIpc) is 3.24. The lowest BCUT2D eigenvalue weighted by atomic mass is 10.2. The monoisotopic (exact) mass is 502 g/mol. The van der Waals surface area contributed by atoms with Gasteiger partial charge in [-0.25, -0.2) is 18.0 Å². The Hall–Kier alpha value is -3.83. The largest absolute Gasteiger partial charge is 0.495 e. The lowest BCUT2D eigenvalue weighted by Gasteiger charge is -2.17. The number of sulfonamides is 1. The number of nitrogens with one attached hydrogen (secondary N) is 2. The molecular weight excluding hydrogens is 484 g/mol. The zero-order valence-corrected chi connectivity index (χ0v) is 19.8. The molecule has 10 nitrogen and oxygen atoms in total. The van der Waals surface area contributed by atoms with Crippen LogP contribution in [0.15, 0.2) is 68.7 Å². The molecule has 2 amide bonds. The number of amides is 2. The SMILES string of the molecule is COc1ccccc1N1C(=O)C(Cl)=C(Nc2ccc(S(=O)(=O)Nc3onc(C)c3C)cc2)C1=O. The highest BCUT2D eigenvalue weighted by molar-refractivity contribution is 7.92. The van der Waals surface area contributed by atoms with Gasteiger partial charge in [0.05, 0.1) is 23.4 Å². The zero-order valence-electron chi connectivity index (χ0n) is 18.2. The van der Waals surface area contributed by atoms with Crippen LogP contribution in [0.3, 0.4) is 0 Å². The number of rotatable bonds is 7. The van der Waals surface area contributed by atoms with Crippen molar-refractivity contribution in [2.75, 3.05) is 22.0 Å². The quantitative estimate of drug-likeness (QED) is 0.469. The molecule has 3 aromatic rings. The molecule has 0 radical (unpaired) electrons. The third-order valence-electron chi connectivity index (χ3n) is 5.17. The minimum atomic E-state index is -3.94. The smallest absolute Gasteiger partial charge is 0.283 e. The summed E-state index contributed by atoms with van der Waals surface area (Å²) >= 11 is 6.17. The van der Waals surface area contributed by atoms with Gasteiger partial charge in [0.25, 0.3) is 21.8 Å². The van der Waals surface area contributed by atoms with E-state index < -0.39 is 21.8 Å². The van der Waals surface area contributed by atoms with Gasteiger partial charge in [-0.05, 0) is 50.2 Å². The van der Waals surface area contributed by atoms with Gasteiger partial charge in [-0.15, -0.1) is 0 Å². The Kier molecular flexibility index (Phi) is 6.07. The standard InChI is InChI=1S/C22H19ClN4O6S/c1-12-13(2)25-33-20(12)26-34(30,31)15-10-8-14(9-11-15)24-19-18(23)21(28)27(22(19)29)16-6-4-5-7-17(16)32-3/h4-11,24,26H,1-3H3.